The molecule has 1 heterocycles. The Balaban J connectivity index is 1.90. The highest BCUT2D eigenvalue weighted by Crippen LogP contribution is 2.30. The van der Waals surface area contributed by atoms with Gasteiger partial charge in [0.05, 0.1) is 25.2 Å². The first-order valence-corrected chi connectivity index (χ1v) is 9.77. The molecule has 0 spiro atoms. The minimum atomic E-state index is 0.0167. The summed E-state index contributed by atoms with van der Waals surface area (Å²) in [6, 6.07) is 22.2. The number of nitrogens with one attached hydrogen (secondary N) is 1. The normalized spacial score (nSPS) is 11.1. The number of fused-ring (bicyclic) bond motifs is 2. The van der Waals surface area contributed by atoms with Gasteiger partial charge in [-0.1, -0.05) is 54.6 Å². The van der Waals surface area contributed by atoms with Gasteiger partial charge in [-0.2, -0.15) is 0 Å². The zero-order valence-electron chi connectivity index (χ0n) is 16.8. The van der Waals surface area contributed by atoms with E-state index in [0.717, 1.165) is 28.7 Å². The standard InChI is InChI=1S/C24H24N4O2/c1-30-12-11-27(16-29)23-14-18-9-10-19(24(25)26)13-22(18)28(23)15-20-7-4-6-17-5-2-3-8-21(17)20/h2-10,13-14,16H,11-12,15H2,1H3,(H3,25,26). The topological polar surface area (TPSA) is 84.3 Å². The number of amides is 1. The first-order chi connectivity index (χ1) is 14.6. The molecular weight excluding hydrogens is 376 g/mol. The van der Waals surface area contributed by atoms with Crippen LogP contribution in [-0.4, -0.2) is 37.1 Å². The van der Waals surface area contributed by atoms with Crippen LogP contribution in [0.25, 0.3) is 21.7 Å². The van der Waals surface area contributed by atoms with Crippen molar-refractivity contribution in [2.45, 2.75) is 6.54 Å². The van der Waals surface area contributed by atoms with E-state index in [1.165, 1.54) is 10.8 Å². The van der Waals surface area contributed by atoms with Crippen LogP contribution in [-0.2, 0) is 16.1 Å². The lowest BCUT2D eigenvalue weighted by atomic mass is 10.0. The lowest BCUT2D eigenvalue weighted by molar-refractivity contribution is -0.107. The Kier molecular flexibility index (Phi) is 5.50. The molecule has 6 heteroatoms. The molecule has 0 aliphatic rings. The Morgan fingerprint density at radius 1 is 1.10 bits per heavy atom. The Hall–Kier alpha value is -3.64. The molecule has 0 aliphatic carbocycles. The summed E-state index contributed by atoms with van der Waals surface area (Å²) < 4.78 is 7.29. The number of nitrogens with zero attached hydrogens (tertiary/aromatic N) is 2. The highest BCUT2D eigenvalue weighted by atomic mass is 16.5. The van der Waals surface area contributed by atoms with Gasteiger partial charge in [0.2, 0.25) is 6.41 Å². The van der Waals surface area contributed by atoms with Crippen molar-refractivity contribution >= 4 is 39.7 Å². The van der Waals surface area contributed by atoms with Crippen molar-refractivity contribution in [3.63, 3.8) is 0 Å². The van der Waals surface area contributed by atoms with E-state index in [9.17, 15) is 4.79 Å². The fourth-order valence-electron chi connectivity index (χ4n) is 3.82. The number of amidine groups is 1. The summed E-state index contributed by atoms with van der Waals surface area (Å²) in [6.45, 7) is 1.47. The molecule has 0 aliphatic heterocycles. The molecule has 4 rings (SSSR count). The average molecular weight is 400 g/mol. The number of aromatic nitrogens is 1. The number of anilines is 1. The molecule has 0 saturated heterocycles. The van der Waals surface area contributed by atoms with Crippen LogP contribution in [0.2, 0.25) is 0 Å². The minimum Gasteiger partial charge on any atom is -0.384 e. The van der Waals surface area contributed by atoms with E-state index in [1.54, 1.807) is 12.0 Å². The van der Waals surface area contributed by atoms with E-state index in [-0.39, 0.29) is 5.84 Å². The SMILES string of the molecule is COCCN(C=O)c1cc2ccc(C(=N)N)cc2n1Cc1cccc2ccccc12. The maximum atomic E-state index is 11.9. The quantitative estimate of drug-likeness (QED) is 0.268. The Morgan fingerprint density at radius 3 is 2.67 bits per heavy atom. The first kappa shape index (κ1) is 19.7. The number of benzene rings is 3. The van der Waals surface area contributed by atoms with Crippen molar-refractivity contribution in [2.75, 3.05) is 25.2 Å². The van der Waals surface area contributed by atoms with Gasteiger partial charge in [-0.3, -0.25) is 15.1 Å². The summed E-state index contributed by atoms with van der Waals surface area (Å²) >= 11 is 0. The Labute approximate surface area is 175 Å². The summed E-state index contributed by atoms with van der Waals surface area (Å²) in [6.07, 6.45) is 0.832. The van der Waals surface area contributed by atoms with E-state index >= 15 is 0 Å². The van der Waals surface area contributed by atoms with Gasteiger partial charge < -0.3 is 15.0 Å². The second-order valence-corrected chi connectivity index (χ2v) is 7.21. The maximum Gasteiger partial charge on any atom is 0.215 e. The molecule has 0 atom stereocenters. The van der Waals surface area contributed by atoms with Crippen LogP contribution in [0.4, 0.5) is 5.82 Å². The third kappa shape index (κ3) is 3.65. The van der Waals surface area contributed by atoms with Crippen LogP contribution in [0, 0.1) is 5.41 Å². The van der Waals surface area contributed by atoms with Crippen molar-refractivity contribution in [1.29, 1.82) is 5.41 Å². The van der Waals surface area contributed by atoms with Crippen LogP contribution in [0.15, 0.2) is 66.7 Å². The summed E-state index contributed by atoms with van der Waals surface area (Å²) in [5.41, 5.74) is 8.46. The number of hydrogen-bond donors (Lipinski definition) is 2. The highest BCUT2D eigenvalue weighted by Gasteiger charge is 2.17. The Bertz CT molecular complexity index is 1220. The fourth-order valence-corrected chi connectivity index (χ4v) is 3.82. The summed E-state index contributed by atoms with van der Waals surface area (Å²) in [4.78, 5) is 13.5. The van der Waals surface area contributed by atoms with Crippen LogP contribution < -0.4 is 10.6 Å². The van der Waals surface area contributed by atoms with E-state index in [0.29, 0.717) is 25.3 Å². The number of hydrogen-bond acceptors (Lipinski definition) is 3. The van der Waals surface area contributed by atoms with Crippen molar-refractivity contribution in [3.05, 3.63) is 77.9 Å². The number of carbonyl (C=O) groups is 1. The fraction of sp³-hybridized carbons (Fsp3) is 0.167. The smallest absolute Gasteiger partial charge is 0.215 e. The largest absolute Gasteiger partial charge is 0.384 e. The van der Waals surface area contributed by atoms with Gasteiger partial charge in [-0.05, 0) is 28.5 Å². The van der Waals surface area contributed by atoms with Gasteiger partial charge in [0.15, 0.2) is 0 Å². The molecule has 152 valence electrons. The van der Waals surface area contributed by atoms with Crippen molar-refractivity contribution in [1.82, 2.24) is 4.57 Å². The van der Waals surface area contributed by atoms with Gasteiger partial charge in [-0.15, -0.1) is 0 Å². The number of ether oxygens (including phenoxy) is 1. The number of nitrogens with two attached hydrogens (primary N) is 1. The average Bonchev–Trinajstić information content (AvgIpc) is 3.12. The third-order valence-corrected chi connectivity index (χ3v) is 5.36. The van der Waals surface area contributed by atoms with Gasteiger partial charge in [-0.25, -0.2) is 0 Å². The van der Waals surface area contributed by atoms with Crippen LogP contribution in [0.3, 0.4) is 0 Å². The van der Waals surface area contributed by atoms with Gasteiger partial charge in [0.1, 0.15) is 11.7 Å². The number of carbonyl (C=O) groups excluding carboxylic acids is 1. The van der Waals surface area contributed by atoms with Crippen LogP contribution >= 0.6 is 0 Å². The molecule has 30 heavy (non-hydrogen) atoms. The zero-order valence-corrected chi connectivity index (χ0v) is 16.8. The van der Waals surface area contributed by atoms with Crippen molar-refractivity contribution in [2.24, 2.45) is 5.73 Å². The molecule has 1 aromatic heterocycles. The van der Waals surface area contributed by atoms with Crippen LogP contribution in [0.1, 0.15) is 11.1 Å². The molecule has 0 unspecified atom stereocenters. The lowest BCUT2D eigenvalue weighted by Gasteiger charge is -2.20. The van der Waals surface area contributed by atoms with Crippen molar-refractivity contribution in [3.8, 4) is 0 Å². The van der Waals surface area contributed by atoms with Crippen LogP contribution in [0.5, 0.6) is 0 Å². The monoisotopic (exact) mass is 400 g/mol. The molecule has 0 saturated carbocycles. The summed E-state index contributed by atoms with van der Waals surface area (Å²) in [5.74, 6) is 0.800. The van der Waals surface area contributed by atoms with Gasteiger partial charge >= 0.3 is 0 Å². The predicted molar refractivity (Wildman–Crippen MR) is 121 cm³/mol. The summed E-state index contributed by atoms with van der Waals surface area (Å²) in [7, 11) is 1.62. The molecule has 3 aromatic carbocycles. The number of rotatable bonds is 8. The molecule has 0 bridgehead atoms. The molecule has 0 fully saturated rings. The number of nitrogen functional groups attached to an aromatic ring is 1. The molecule has 6 nitrogen and oxygen atoms in total. The number of methoxy groups -OCH3 is 1. The van der Waals surface area contributed by atoms with E-state index < -0.39 is 0 Å². The van der Waals surface area contributed by atoms with Gasteiger partial charge in [0, 0.05) is 18.1 Å². The predicted octanol–water partition coefficient (Wildman–Crippen LogP) is 3.74. The second kappa shape index (κ2) is 8.39. The molecule has 3 N–H and O–H groups in total. The third-order valence-electron chi connectivity index (χ3n) is 5.36. The van der Waals surface area contributed by atoms with Crippen molar-refractivity contribution < 1.29 is 9.53 Å². The van der Waals surface area contributed by atoms with E-state index in [2.05, 4.69) is 28.8 Å². The van der Waals surface area contributed by atoms with E-state index in [1.807, 2.05) is 42.5 Å². The minimum absolute atomic E-state index is 0.0167. The van der Waals surface area contributed by atoms with E-state index in [4.69, 9.17) is 15.9 Å². The maximum absolute atomic E-state index is 11.9. The summed E-state index contributed by atoms with van der Waals surface area (Å²) in [5, 5.41) is 11.1. The van der Waals surface area contributed by atoms with Gasteiger partial charge in [0.25, 0.3) is 0 Å². The molecule has 0 radical (unpaired) electrons. The molecule has 1 amide bonds. The Morgan fingerprint density at radius 2 is 1.90 bits per heavy atom. The molecule has 4 aromatic rings. The highest BCUT2D eigenvalue weighted by molar-refractivity contribution is 6.00. The molecular formula is C24H24N4O2. The lowest BCUT2D eigenvalue weighted by Crippen LogP contribution is -2.27. The second-order valence-electron chi connectivity index (χ2n) is 7.21. The zero-order chi connectivity index (χ0) is 21.1. The first-order valence-electron chi connectivity index (χ1n) is 9.77.